The Kier molecular flexibility index (Phi) is 7.36. The van der Waals surface area contributed by atoms with Crippen LogP contribution in [0.5, 0.6) is 5.75 Å². The van der Waals surface area contributed by atoms with E-state index in [2.05, 4.69) is 9.69 Å². The van der Waals surface area contributed by atoms with Gasteiger partial charge in [0.25, 0.3) is 11.4 Å². The molecule has 1 aliphatic heterocycles. The number of hydrogen-bond acceptors (Lipinski definition) is 7. The molecule has 0 amide bonds. The SMILES string of the molecule is [C-]#[N+]/C(C#N)=C\C=C\c1ccc(-c2sc(-c3ccc(/C=C/C=C(\C#N)[N+]#[C-])o3)c3c2OCCS3)o1. The third-order valence-electron chi connectivity index (χ3n) is 4.60. The highest BCUT2D eigenvalue weighted by Crippen LogP contribution is 2.53. The third-order valence-corrected chi connectivity index (χ3v) is 6.98. The molecule has 0 unspecified atom stereocenters. The van der Waals surface area contributed by atoms with Gasteiger partial charge in [-0.2, -0.15) is 0 Å². The molecule has 0 bridgehead atoms. The van der Waals surface area contributed by atoms with E-state index in [1.165, 1.54) is 23.5 Å². The number of hydrogen-bond donors (Lipinski definition) is 0. The fourth-order valence-electron chi connectivity index (χ4n) is 3.07. The van der Waals surface area contributed by atoms with Crippen LogP contribution in [-0.4, -0.2) is 12.4 Å². The molecule has 0 fully saturated rings. The standard InChI is InChI=1S/C26H14N4O3S2/c1-29-17(15-27)5-3-7-19-9-11-21(32-19)24-23-26(34-14-13-31-23)25(35-24)22-12-10-20(33-22)8-4-6-18(16-28)30-2/h3-12H,13-14H2/b7-3+,8-4+,17-5-,18-6+. The molecule has 0 atom stereocenters. The zero-order chi connectivity index (χ0) is 24.6. The average Bonchev–Trinajstić information content (AvgIpc) is 3.63. The molecule has 3 aromatic rings. The maximum Gasteiger partial charge on any atom is 0.261 e. The first kappa shape index (κ1) is 23.5. The molecule has 0 aliphatic carbocycles. The Balaban J connectivity index is 1.63. The van der Waals surface area contributed by atoms with Crippen molar-refractivity contribution in [1.82, 2.24) is 0 Å². The van der Waals surface area contributed by atoms with Crippen molar-refractivity contribution >= 4 is 35.3 Å². The summed E-state index contributed by atoms with van der Waals surface area (Å²) in [6.45, 7) is 14.4. The van der Waals surface area contributed by atoms with Gasteiger partial charge in [0, 0.05) is 5.75 Å². The summed E-state index contributed by atoms with van der Waals surface area (Å²) >= 11 is 3.21. The molecule has 0 N–H and O–H groups in total. The van der Waals surface area contributed by atoms with E-state index in [1.807, 2.05) is 36.4 Å². The van der Waals surface area contributed by atoms with Gasteiger partial charge in [0.05, 0.1) is 41.7 Å². The van der Waals surface area contributed by atoms with Crippen molar-refractivity contribution in [2.75, 3.05) is 12.4 Å². The monoisotopic (exact) mass is 494 g/mol. The summed E-state index contributed by atoms with van der Waals surface area (Å²) in [5, 5.41) is 17.7. The highest BCUT2D eigenvalue weighted by molar-refractivity contribution is 7.99. The quantitative estimate of drug-likeness (QED) is 0.201. The molecule has 0 aromatic carbocycles. The molecule has 0 saturated carbocycles. The topological polar surface area (TPSA) is 91.8 Å². The van der Waals surface area contributed by atoms with Crippen LogP contribution in [0.4, 0.5) is 0 Å². The minimum absolute atomic E-state index is 0.000812. The number of furan rings is 2. The van der Waals surface area contributed by atoms with Gasteiger partial charge < -0.3 is 13.6 Å². The van der Waals surface area contributed by atoms with Crippen molar-refractivity contribution in [2.24, 2.45) is 0 Å². The van der Waals surface area contributed by atoms with Crippen LogP contribution in [0.3, 0.4) is 0 Å². The van der Waals surface area contributed by atoms with E-state index in [1.54, 1.807) is 36.1 Å². The maximum atomic E-state index is 8.83. The number of fused-ring (bicyclic) bond motifs is 1. The summed E-state index contributed by atoms with van der Waals surface area (Å²) in [5.41, 5.74) is -0.00452. The van der Waals surface area contributed by atoms with Crippen LogP contribution in [0.15, 0.2) is 73.7 Å². The largest absolute Gasteiger partial charge is 0.490 e. The van der Waals surface area contributed by atoms with Crippen molar-refractivity contribution in [2.45, 2.75) is 4.90 Å². The lowest BCUT2D eigenvalue weighted by atomic mass is 10.3. The molecule has 0 radical (unpaired) electrons. The van der Waals surface area contributed by atoms with Gasteiger partial charge in [-0.15, -0.1) is 23.1 Å². The molecule has 4 rings (SSSR count). The molecule has 168 valence electrons. The molecule has 3 aromatic heterocycles. The first-order chi connectivity index (χ1) is 17.2. The molecule has 4 heterocycles. The lowest BCUT2D eigenvalue weighted by molar-refractivity contribution is 0.332. The van der Waals surface area contributed by atoms with Crippen LogP contribution in [0.2, 0.25) is 0 Å². The molecule has 9 heteroatoms. The second-order valence-electron chi connectivity index (χ2n) is 6.79. The van der Waals surface area contributed by atoms with E-state index in [-0.39, 0.29) is 11.4 Å². The minimum Gasteiger partial charge on any atom is -0.490 e. The fraction of sp³-hybridized carbons (Fsp3) is 0.0769. The van der Waals surface area contributed by atoms with Gasteiger partial charge in [-0.1, -0.05) is 12.2 Å². The number of ether oxygens (including phenoxy) is 1. The number of thiophene rings is 1. The number of nitriles is 2. The van der Waals surface area contributed by atoms with E-state index in [0.717, 1.165) is 26.2 Å². The van der Waals surface area contributed by atoms with Crippen molar-refractivity contribution in [3.8, 4) is 39.2 Å². The van der Waals surface area contributed by atoms with Crippen LogP contribution in [-0.2, 0) is 0 Å². The zero-order valence-corrected chi connectivity index (χ0v) is 19.7. The third kappa shape index (κ3) is 5.29. The Morgan fingerprint density at radius 1 is 0.886 bits per heavy atom. The molecule has 0 saturated heterocycles. The predicted octanol–water partition coefficient (Wildman–Crippen LogP) is 7.43. The number of thioether (sulfide) groups is 1. The van der Waals surface area contributed by atoms with Gasteiger partial charge >= 0.3 is 0 Å². The van der Waals surface area contributed by atoms with E-state index < -0.39 is 0 Å². The Morgan fingerprint density at radius 2 is 1.46 bits per heavy atom. The van der Waals surface area contributed by atoms with Crippen molar-refractivity contribution in [3.63, 3.8) is 0 Å². The first-order valence-electron chi connectivity index (χ1n) is 10.1. The van der Waals surface area contributed by atoms with Crippen LogP contribution in [0.25, 0.3) is 43.1 Å². The summed E-state index contributed by atoms with van der Waals surface area (Å²) < 4.78 is 18.0. The lowest BCUT2D eigenvalue weighted by Crippen LogP contribution is -2.05. The van der Waals surface area contributed by atoms with Crippen LogP contribution in [0.1, 0.15) is 11.5 Å². The highest BCUT2D eigenvalue weighted by atomic mass is 32.2. The Morgan fingerprint density at radius 3 is 2.00 bits per heavy atom. The Labute approximate surface area is 209 Å². The predicted molar refractivity (Wildman–Crippen MR) is 135 cm³/mol. The van der Waals surface area contributed by atoms with Gasteiger partial charge in [0.1, 0.15) is 27.9 Å². The van der Waals surface area contributed by atoms with Crippen LogP contribution >= 0.6 is 23.1 Å². The van der Waals surface area contributed by atoms with Crippen molar-refractivity contribution in [1.29, 1.82) is 10.5 Å². The Bertz CT molecular complexity index is 1410. The lowest BCUT2D eigenvalue weighted by Gasteiger charge is -2.14. The van der Waals surface area contributed by atoms with Crippen LogP contribution < -0.4 is 4.74 Å². The maximum absolute atomic E-state index is 8.83. The minimum atomic E-state index is -0.00370. The second-order valence-corrected chi connectivity index (χ2v) is 8.91. The highest BCUT2D eigenvalue weighted by Gasteiger charge is 2.27. The van der Waals surface area contributed by atoms with E-state index in [4.69, 9.17) is 37.2 Å². The average molecular weight is 495 g/mol. The van der Waals surface area contributed by atoms with Gasteiger partial charge in [0.2, 0.25) is 0 Å². The molecule has 7 nitrogen and oxygen atoms in total. The van der Waals surface area contributed by atoms with Crippen LogP contribution in [0, 0.1) is 35.8 Å². The normalized spacial score (nSPS) is 13.6. The van der Waals surface area contributed by atoms with Gasteiger partial charge in [0.15, 0.2) is 5.75 Å². The van der Waals surface area contributed by atoms with E-state index >= 15 is 0 Å². The number of rotatable bonds is 6. The molecule has 1 aliphatic rings. The summed E-state index contributed by atoms with van der Waals surface area (Å²) in [4.78, 5) is 9.01. The summed E-state index contributed by atoms with van der Waals surface area (Å²) in [6, 6.07) is 11.0. The number of allylic oxidation sites excluding steroid dienone is 6. The van der Waals surface area contributed by atoms with Gasteiger partial charge in [-0.05, 0) is 48.6 Å². The van der Waals surface area contributed by atoms with Crippen molar-refractivity contribution < 1.29 is 13.6 Å². The zero-order valence-electron chi connectivity index (χ0n) is 18.0. The van der Waals surface area contributed by atoms with E-state index in [0.29, 0.717) is 29.6 Å². The van der Waals surface area contributed by atoms with Gasteiger partial charge in [-0.3, -0.25) is 0 Å². The smallest absolute Gasteiger partial charge is 0.261 e. The molecular formula is C26H14N4O3S2. The van der Waals surface area contributed by atoms with Crippen molar-refractivity contribution in [3.05, 3.63) is 94.3 Å². The molecular weight excluding hydrogens is 480 g/mol. The summed E-state index contributed by atoms with van der Waals surface area (Å²) in [5.74, 6) is 4.10. The van der Waals surface area contributed by atoms with E-state index in [9.17, 15) is 0 Å². The fourth-order valence-corrected chi connectivity index (χ4v) is 5.40. The summed E-state index contributed by atoms with van der Waals surface area (Å²) in [6.07, 6.45) is 9.46. The molecule has 0 spiro atoms. The first-order valence-corrected chi connectivity index (χ1v) is 11.9. The Hall–Kier alpha value is -4.67. The number of nitrogens with zero attached hydrogens (tertiary/aromatic N) is 4. The summed E-state index contributed by atoms with van der Waals surface area (Å²) in [7, 11) is 0. The molecule has 35 heavy (non-hydrogen) atoms. The van der Waals surface area contributed by atoms with Gasteiger partial charge in [-0.25, -0.2) is 20.2 Å². The second kappa shape index (κ2) is 11.0.